The molecule has 1 aliphatic carbocycles. The van der Waals surface area contributed by atoms with Gasteiger partial charge in [0.2, 0.25) is 5.91 Å². The Balaban J connectivity index is 1.22. The minimum absolute atomic E-state index is 0.0715. The molecule has 13 heteroatoms. The maximum Gasteiger partial charge on any atom is 0.586 e. The van der Waals surface area contributed by atoms with E-state index in [4.69, 9.17) is 4.74 Å². The SMILES string of the molecule is N#Cc1ccc(-c2nn(CC(=O)N(c3ccc4c(c3)OC(F)(F)O4)C3CC3)c(=O)c3nc[nH]c23)cc1OCc1ccccc1. The summed E-state index contributed by atoms with van der Waals surface area (Å²) in [5.74, 6) is -0.471. The Labute approximate surface area is 247 Å². The van der Waals surface area contributed by atoms with Gasteiger partial charge in [0, 0.05) is 23.4 Å². The molecule has 0 radical (unpaired) electrons. The fraction of sp³-hybridized carbons (Fsp3) is 0.194. The highest BCUT2D eigenvalue weighted by Gasteiger charge is 2.44. The molecule has 2 aliphatic rings. The first-order valence-electron chi connectivity index (χ1n) is 13.7. The molecule has 0 atom stereocenters. The summed E-state index contributed by atoms with van der Waals surface area (Å²) < 4.78 is 43.2. The number of imidazole rings is 1. The molecule has 44 heavy (non-hydrogen) atoms. The summed E-state index contributed by atoms with van der Waals surface area (Å²) in [4.78, 5) is 35.6. The average molecular weight is 597 g/mol. The van der Waals surface area contributed by atoms with E-state index in [-0.39, 0.29) is 29.7 Å². The number of H-pyrrole nitrogens is 1. The number of amides is 1. The van der Waals surface area contributed by atoms with Gasteiger partial charge >= 0.3 is 6.29 Å². The van der Waals surface area contributed by atoms with E-state index in [1.807, 2.05) is 30.3 Å². The summed E-state index contributed by atoms with van der Waals surface area (Å²) in [6.45, 7) is -0.211. The number of fused-ring (bicyclic) bond motifs is 2. The van der Waals surface area contributed by atoms with Gasteiger partial charge in [-0.15, -0.1) is 8.78 Å². The Morgan fingerprint density at radius 2 is 1.91 bits per heavy atom. The third-order valence-electron chi connectivity index (χ3n) is 7.28. The van der Waals surface area contributed by atoms with Gasteiger partial charge < -0.3 is 24.1 Å². The summed E-state index contributed by atoms with van der Waals surface area (Å²) in [5.41, 5.74) is 2.25. The molecule has 0 spiro atoms. The topological polar surface area (TPSA) is 135 Å². The quantitative estimate of drug-likeness (QED) is 0.271. The van der Waals surface area contributed by atoms with Crippen LogP contribution in [0.2, 0.25) is 0 Å². The van der Waals surface area contributed by atoms with Crippen LogP contribution in [-0.4, -0.2) is 38.0 Å². The van der Waals surface area contributed by atoms with Crippen molar-refractivity contribution in [2.75, 3.05) is 4.90 Å². The average Bonchev–Trinajstić information content (AvgIpc) is 3.61. The molecule has 1 amide bonds. The molecular weight excluding hydrogens is 574 g/mol. The summed E-state index contributed by atoms with van der Waals surface area (Å²) >= 11 is 0. The molecule has 1 aliphatic heterocycles. The number of benzene rings is 3. The van der Waals surface area contributed by atoms with E-state index in [0.717, 1.165) is 10.2 Å². The van der Waals surface area contributed by atoms with Gasteiger partial charge in [0.05, 0.1) is 17.4 Å². The summed E-state index contributed by atoms with van der Waals surface area (Å²) in [6, 6.07) is 20.5. The lowest BCUT2D eigenvalue weighted by Crippen LogP contribution is -2.39. The maximum absolute atomic E-state index is 13.7. The predicted molar refractivity (Wildman–Crippen MR) is 152 cm³/mol. The third kappa shape index (κ3) is 5.06. The number of nitrogens with one attached hydrogen (secondary N) is 1. The first-order valence-corrected chi connectivity index (χ1v) is 13.7. The van der Waals surface area contributed by atoms with Crippen LogP contribution in [0.15, 0.2) is 77.9 Å². The number of aromatic nitrogens is 4. The van der Waals surface area contributed by atoms with Crippen LogP contribution in [0.25, 0.3) is 22.3 Å². The molecule has 220 valence electrons. The number of hydrogen-bond acceptors (Lipinski definition) is 8. The molecule has 2 aromatic heterocycles. The van der Waals surface area contributed by atoms with Gasteiger partial charge in [-0.2, -0.15) is 10.4 Å². The molecule has 0 bridgehead atoms. The number of hydrogen-bond donors (Lipinski definition) is 1. The lowest BCUT2D eigenvalue weighted by atomic mass is 10.1. The van der Waals surface area contributed by atoms with Crippen LogP contribution in [0.3, 0.4) is 0 Å². The van der Waals surface area contributed by atoms with Gasteiger partial charge in [-0.1, -0.05) is 36.4 Å². The molecule has 5 aromatic rings. The number of aromatic amines is 1. The van der Waals surface area contributed by atoms with Crippen molar-refractivity contribution < 1.29 is 27.8 Å². The Morgan fingerprint density at radius 1 is 1.11 bits per heavy atom. The highest BCUT2D eigenvalue weighted by Crippen LogP contribution is 2.44. The maximum atomic E-state index is 13.7. The van der Waals surface area contributed by atoms with Crippen LogP contribution in [0.4, 0.5) is 14.5 Å². The van der Waals surface area contributed by atoms with Gasteiger partial charge in [-0.05, 0) is 42.7 Å². The second-order valence-corrected chi connectivity index (χ2v) is 10.3. The fourth-order valence-corrected chi connectivity index (χ4v) is 5.08. The van der Waals surface area contributed by atoms with E-state index in [1.165, 1.54) is 29.4 Å². The van der Waals surface area contributed by atoms with Crippen LogP contribution in [0, 0.1) is 11.3 Å². The number of halogens is 2. The molecular formula is C31H22F2N6O5. The van der Waals surface area contributed by atoms with Crippen LogP contribution in [-0.2, 0) is 17.9 Å². The van der Waals surface area contributed by atoms with Gasteiger partial charge in [0.1, 0.15) is 30.7 Å². The number of carbonyl (C=O) groups is 1. The highest BCUT2D eigenvalue weighted by molar-refractivity contribution is 5.95. The van der Waals surface area contributed by atoms with Crippen molar-refractivity contribution >= 4 is 22.6 Å². The van der Waals surface area contributed by atoms with Gasteiger partial charge in [0.15, 0.2) is 17.0 Å². The molecule has 3 aromatic carbocycles. The number of nitrogens with zero attached hydrogens (tertiary/aromatic N) is 5. The summed E-state index contributed by atoms with van der Waals surface area (Å²) in [6.07, 6.45) is -1.02. The first-order chi connectivity index (χ1) is 21.3. The Hall–Kier alpha value is -5.77. The molecule has 0 saturated heterocycles. The Bertz CT molecular complexity index is 2020. The third-order valence-corrected chi connectivity index (χ3v) is 7.28. The van der Waals surface area contributed by atoms with E-state index < -0.39 is 24.3 Å². The molecule has 1 saturated carbocycles. The van der Waals surface area contributed by atoms with Crippen LogP contribution < -0.4 is 24.7 Å². The number of carbonyl (C=O) groups excluding carboxylic acids is 1. The zero-order valence-corrected chi connectivity index (χ0v) is 22.9. The predicted octanol–water partition coefficient (Wildman–Crippen LogP) is 4.75. The van der Waals surface area contributed by atoms with E-state index >= 15 is 0 Å². The molecule has 7 rings (SSSR count). The molecule has 1 N–H and O–H groups in total. The second kappa shape index (κ2) is 10.5. The normalized spacial score (nSPS) is 14.8. The number of ether oxygens (including phenoxy) is 3. The van der Waals surface area contributed by atoms with Crippen molar-refractivity contribution in [1.82, 2.24) is 19.7 Å². The number of alkyl halides is 2. The van der Waals surface area contributed by atoms with Crippen molar-refractivity contribution in [3.63, 3.8) is 0 Å². The lowest BCUT2D eigenvalue weighted by molar-refractivity contribution is -0.286. The van der Waals surface area contributed by atoms with Gasteiger partial charge in [-0.25, -0.2) is 9.67 Å². The standard InChI is InChI=1S/C31H22F2N6O5/c32-31(33)43-23-11-10-22(13-25(23)44-31)39(21-8-9-21)26(40)15-38-30(41)29-28(35-17-36-29)27(37-38)19-6-7-20(14-34)24(12-19)42-16-18-4-2-1-3-5-18/h1-7,10-13,17,21H,8-9,15-16H2,(H,35,36). The number of nitriles is 1. The van der Waals surface area contributed by atoms with Crippen molar-refractivity contribution in [2.45, 2.75) is 38.3 Å². The van der Waals surface area contributed by atoms with Crippen molar-refractivity contribution in [2.24, 2.45) is 0 Å². The van der Waals surface area contributed by atoms with E-state index in [0.29, 0.717) is 46.6 Å². The Kier molecular flexibility index (Phi) is 6.46. The summed E-state index contributed by atoms with van der Waals surface area (Å²) in [7, 11) is 0. The van der Waals surface area contributed by atoms with Crippen LogP contribution in [0.1, 0.15) is 24.0 Å². The minimum atomic E-state index is -3.79. The summed E-state index contributed by atoms with van der Waals surface area (Å²) in [5, 5.41) is 14.2. The second-order valence-electron chi connectivity index (χ2n) is 10.3. The molecule has 3 heterocycles. The van der Waals surface area contributed by atoms with Crippen molar-refractivity contribution in [1.29, 1.82) is 5.26 Å². The zero-order valence-electron chi connectivity index (χ0n) is 22.9. The van der Waals surface area contributed by atoms with Crippen LogP contribution in [0.5, 0.6) is 17.2 Å². The smallest absolute Gasteiger partial charge is 0.487 e. The van der Waals surface area contributed by atoms with Gasteiger partial charge in [0.25, 0.3) is 5.56 Å². The van der Waals surface area contributed by atoms with Crippen LogP contribution >= 0.6 is 0 Å². The monoisotopic (exact) mass is 596 g/mol. The molecule has 0 unspecified atom stereocenters. The van der Waals surface area contributed by atoms with E-state index in [9.17, 15) is 23.6 Å². The highest BCUT2D eigenvalue weighted by atomic mass is 19.3. The molecule has 11 nitrogen and oxygen atoms in total. The van der Waals surface area contributed by atoms with Crippen molar-refractivity contribution in [3.8, 4) is 34.6 Å². The number of anilines is 1. The largest absolute Gasteiger partial charge is 0.586 e. The molecule has 1 fully saturated rings. The fourth-order valence-electron chi connectivity index (χ4n) is 5.08. The lowest BCUT2D eigenvalue weighted by Gasteiger charge is -2.23. The Morgan fingerprint density at radius 3 is 2.68 bits per heavy atom. The van der Waals surface area contributed by atoms with E-state index in [1.54, 1.807) is 18.2 Å². The first kappa shape index (κ1) is 27.1. The minimum Gasteiger partial charge on any atom is -0.487 e. The number of rotatable bonds is 8. The van der Waals surface area contributed by atoms with E-state index in [2.05, 4.69) is 30.6 Å². The van der Waals surface area contributed by atoms with Gasteiger partial charge in [-0.3, -0.25) is 9.59 Å². The zero-order chi connectivity index (χ0) is 30.4. The van der Waals surface area contributed by atoms with Crippen molar-refractivity contribution in [3.05, 3.63) is 94.5 Å².